The summed E-state index contributed by atoms with van der Waals surface area (Å²) in [6, 6.07) is 6.63. The molecule has 0 amide bonds. The molecule has 0 spiro atoms. The van der Waals surface area contributed by atoms with Crippen molar-refractivity contribution in [2.75, 3.05) is 0 Å². The third kappa shape index (κ3) is 4.75. The van der Waals surface area contributed by atoms with E-state index in [1.165, 1.54) is 0 Å². The van der Waals surface area contributed by atoms with Crippen LogP contribution in [0.25, 0.3) is 22.3 Å². The van der Waals surface area contributed by atoms with Crippen molar-refractivity contribution in [2.24, 2.45) is 5.14 Å². The molecule has 3 nitrogen and oxygen atoms in total. The molecule has 12 heteroatoms. The van der Waals surface area contributed by atoms with Gasteiger partial charge < -0.3 is 0 Å². The van der Waals surface area contributed by atoms with Gasteiger partial charge in [-0.05, 0) is 58.7 Å². The van der Waals surface area contributed by atoms with E-state index in [1.54, 1.807) is 0 Å². The van der Waals surface area contributed by atoms with Crippen LogP contribution in [-0.4, -0.2) is 8.42 Å². The molecule has 0 unspecified atom stereocenters. The summed E-state index contributed by atoms with van der Waals surface area (Å²) in [5, 5.41) is 4.98. The van der Waals surface area contributed by atoms with Crippen molar-refractivity contribution in [1.82, 2.24) is 0 Å². The highest BCUT2D eigenvalue weighted by molar-refractivity contribution is 7.89. The average molecular weight is 481 g/mol. The van der Waals surface area contributed by atoms with Crippen molar-refractivity contribution in [2.45, 2.75) is 17.2 Å². The number of halogens is 8. The number of nitrogens with two attached hydrogens (primary N) is 1. The zero-order valence-corrected chi connectivity index (χ0v) is 16.3. The van der Waals surface area contributed by atoms with Crippen molar-refractivity contribution < 1.29 is 43.5 Å². The molecule has 0 heterocycles. The van der Waals surface area contributed by atoms with E-state index in [0.29, 0.717) is 18.2 Å². The lowest BCUT2D eigenvalue weighted by Crippen LogP contribution is -2.16. The summed E-state index contributed by atoms with van der Waals surface area (Å²) in [5.41, 5.74) is -4.86. The quantitative estimate of drug-likeness (QED) is 0.468. The Morgan fingerprint density at radius 1 is 0.625 bits per heavy atom. The minimum atomic E-state index is -5.38. The molecule has 0 atom stereocenters. The summed E-state index contributed by atoms with van der Waals surface area (Å²) in [7, 11) is -4.09. The van der Waals surface area contributed by atoms with Gasteiger partial charge in [-0.3, -0.25) is 0 Å². The molecule has 3 aromatic carbocycles. The van der Waals surface area contributed by atoms with Crippen molar-refractivity contribution >= 4 is 10.0 Å². The van der Waals surface area contributed by atoms with E-state index >= 15 is 0 Å². The molecule has 0 aliphatic heterocycles. The first-order valence-corrected chi connectivity index (χ1v) is 10.0. The van der Waals surface area contributed by atoms with Crippen LogP contribution in [0.1, 0.15) is 11.1 Å². The number of hydrogen-bond acceptors (Lipinski definition) is 2. The summed E-state index contributed by atoms with van der Waals surface area (Å²) in [5.74, 6) is -2.82. The topological polar surface area (TPSA) is 60.2 Å². The van der Waals surface area contributed by atoms with Crippen LogP contribution in [0.2, 0.25) is 0 Å². The monoisotopic (exact) mass is 481 g/mol. The van der Waals surface area contributed by atoms with Crippen molar-refractivity contribution in [3.8, 4) is 22.3 Å². The number of rotatable bonds is 3. The largest absolute Gasteiger partial charge is 0.417 e. The Balaban J connectivity index is 2.26. The Kier molecular flexibility index (Phi) is 5.81. The fourth-order valence-electron chi connectivity index (χ4n) is 3.04. The molecule has 3 rings (SSSR count). The SMILES string of the molecule is NS(=O)(=O)c1ccc(-c2cc(F)c(F)cc2-c2ccc(C(F)(F)F)c(C(F)(F)F)c2)cc1. The van der Waals surface area contributed by atoms with E-state index in [2.05, 4.69) is 0 Å². The summed E-state index contributed by atoms with van der Waals surface area (Å²) >= 11 is 0. The Morgan fingerprint density at radius 3 is 1.50 bits per heavy atom. The van der Waals surface area contributed by atoms with Crippen LogP contribution < -0.4 is 5.14 Å². The summed E-state index contributed by atoms with van der Waals surface area (Å²) < 4.78 is 130. The van der Waals surface area contributed by atoms with Crippen LogP contribution in [0.3, 0.4) is 0 Å². The predicted octanol–water partition coefficient (Wildman–Crippen LogP) is 5.98. The second-order valence-corrected chi connectivity index (χ2v) is 8.20. The van der Waals surface area contributed by atoms with Crippen LogP contribution in [0.5, 0.6) is 0 Å². The fraction of sp³-hybridized carbons (Fsp3) is 0.100. The zero-order chi connectivity index (χ0) is 24.1. The van der Waals surface area contributed by atoms with Gasteiger partial charge in [-0.2, -0.15) is 26.3 Å². The lowest BCUT2D eigenvalue weighted by Gasteiger charge is -2.18. The van der Waals surface area contributed by atoms with Gasteiger partial charge in [0.2, 0.25) is 10.0 Å². The highest BCUT2D eigenvalue weighted by Crippen LogP contribution is 2.43. The Bertz CT molecular complexity index is 1280. The summed E-state index contributed by atoms with van der Waals surface area (Å²) in [4.78, 5) is -0.320. The van der Waals surface area contributed by atoms with E-state index in [-0.39, 0.29) is 33.7 Å². The lowest BCUT2D eigenvalue weighted by molar-refractivity contribution is -0.162. The van der Waals surface area contributed by atoms with E-state index in [4.69, 9.17) is 5.14 Å². The predicted molar refractivity (Wildman–Crippen MR) is 98.6 cm³/mol. The molecule has 32 heavy (non-hydrogen) atoms. The Labute approximate surface area is 176 Å². The van der Waals surface area contributed by atoms with Crippen LogP contribution in [-0.2, 0) is 22.4 Å². The number of hydrogen-bond donors (Lipinski definition) is 1. The molecule has 0 aliphatic carbocycles. The van der Waals surface area contributed by atoms with E-state index < -0.39 is 50.7 Å². The standard InChI is InChI=1S/C20H11F8NO2S/c21-17-8-13(10-1-4-12(5-2-10)32(29,30)31)14(9-18(17)22)11-3-6-15(19(23,24)25)16(7-11)20(26,27)28/h1-9H,(H2,29,30,31). The van der Waals surface area contributed by atoms with Crippen LogP contribution in [0.4, 0.5) is 35.1 Å². The molecule has 0 bridgehead atoms. The van der Waals surface area contributed by atoms with E-state index in [1.807, 2.05) is 0 Å². The Morgan fingerprint density at radius 2 is 1.06 bits per heavy atom. The Hall–Kier alpha value is -2.99. The van der Waals surface area contributed by atoms with Crippen LogP contribution >= 0.6 is 0 Å². The maximum atomic E-state index is 13.9. The minimum Gasteiger partial charge on any atom is -0.225 e. The van der Waals surface area contributed by atoms with Crippen molar-refractivity contribution in [1.29, 1.82) is 0 Å². The number of alkyl halides is 6. The normalized spacial score (nSPS) is 12.8. The van der Waals surface area contributed by atoms with Gasteiger partial charge in [0.05, 0.1) is 16.0 Å². The molecule has 0 radical (unpaired) electrons. The molecule has 0 saturated carbocycles. The first kappa shape index (κ1) is 23.7. The summed E-state index contributed by atoms with van der Waals surface area (Å²) in [6.07, 6.45) is -10.7. The second-order valence-electron chi connectivity index (χ2n) is 6.64. The molecule has 0 fully saturated rings. The molecule has 3 aromatic rings. The van der Waals surface area contributed by atoms with Crippen LogP contribution in [0.15, 0.2) is 59.5 Å². The molecule has 0 aromatic heterocycles. The lowest BCUT2D eigenvalue weighted by atomic mass is 9.92. The third-order valence-corrected chi connectivity index (χ3v) is 5.42. The zero-order valence-electron chi connectivity index (χ0n) is 15.5. The molecule has 2 N–H and O–H groups in total. The van der Waals surface area contributed by atoms with Gasteiger partial charge in [0.15, 0.2) is 11.6 Å². The maximum absolute atomic E-state index is 13.9. The van der Waals surface area contributed by atoms with E-state index in [9.17, 15) is 43.5 Å². The molecule has 0 aliphatic rings. The molecular weight excluding hydrogens is 470 g/mol. The molecule has 170 valence electrons. The van der Waals surface area contributed by atoms with Gasteiger partial charge in [-0.15, -0.1) is 0 Å². The molecule has 0 saturated heterocycles. The van der Waals surface area contributed by atoms with Gasteiger partial charge >= 0.3 is 12.4 Å². The first-order valence-electron chi connectivity index (χ1n) is 8.50. The van der Waals surface area contributed by atoms with Crippen molar-refractivity contribution in [3.63, 3.8) is 0 Å². The third-order valence-electron chi connectivity index (χ3n) is 4.50. The highest BCUT2D eigenvalue weighted by atomic mass is 32.2. The first-order chi connectivity index (χ1) is 14.6. The van der Waals surface area contributed by atoms with Gasteiger partial charge in [0.25, 0.3) is 0 Å². The smallest absolute Gasteiger partial charge is 0.225 e. The molecular formula is C20H11F8NO2S. The summed E-state index contributed by atoms with van der Waals surface area (Å²) in [6.45, 7) is 0. The fourth-order valence-corrected chi connectivity index (χ4v) is 3.56. The van der Waals surface area contributed by atoms with Crippen LogP contribution in [0, 0.1) is 11.6 Å². The maximum Gasteiger partial charge on any atom is 0.417 e. The van der Waals surface area contributed by atoms with Gasteiger partial charge in [0, 0.05) is 0 Å². The van der Waals surface area contributed by atoms with Gasteiger partial charge in [0.1, 0.15) is 0 Å². The minimum absolute atomic E-state index is 0.0553. The van der Waals surface area contributed by atoms with Gasteiger partial charge in [-0.1, -0.05) is 18.2 Å². The van der Waals surface area contributed by atoms with E-state index in [0.717, 1.165) is 24.3 Å². The number of sulfonamides is 1. The average Bonchev–Trinajstić information content (AvgIpc) is 2.67. The second kappa shape index (κ2) is 7.85. The highest BCUT2D eigenvalue weighted by Gasteiger charge is 2.43. The van der Waals surface area contributed by atoms with Crippen molar-refractivity contribution in [3.05, 3.63) is 77.4 Å². The number of benzene rings is 3. The van der Waals surface area contributed by atoms with Gasteiger partial charge in [-0.25, -0.2) is 22.3 Å². The number of primary sulfonamides is 1.